The Kier molecular flexibility index (Phi) is 7.97. The number of thioether (sulfide) groups is 1. The maximum atomic E-state index is 12.7. The first kappa shape index (κ1) is 22.7. The molecule has 2 amide bonds. The molecule has 0 atom stereocenters. The third-order valence-corrected chi connectivity index (χ3v) is 6.02. The number of nitrogens with one attached hydrogen (secondary N) is 1. The molecule has 0 saturated carbocycles. The molecule has 6 nitrogen and oxygen atoms in total. The summed E-state index contributed by atoms with van der Waals surface area (Å²) >= 11 is 6.54. The Balaban J connectivity index is 1.55. The lowest BCUT2D eigenvalue weighted by Crippen LogP contribution is -2.33. The molecule has 2 aromatic rings. The highest BCUT2D eigenvalue weighted by Gasteiger charge is 2.32. The van der Waals surface area contributed by atoms with Gasteiger partial charge in [0, 0.05) is 25.9 Å². The molecule has 31 heavy (non-hydrogen) atoms. The molecular weight excluding hydrogens is 432 g/mol. The third-order valence-electron chi connectivity index (χ3n) is 4.64. The van der Waals surface area contributed by atoms with Gasteiger partial charge in [0.15, 0.2) is 0 Å². The van der Waals surface area contributed by atoms with E-state index in [9.17, 15) is 14.4 Å². The van der Waals surface area contributed by atoms with Gasteiger partial charge in [-0.1, -0.05) is 78.6 Å². The number of carboxylic acid groups (broad SMARTS) is 1. The van der Waals surface area contributed by atoms with Crippen molar-refractivity contribution in [3.63, 3.8) is 0 Å². The van der Waals surface area contributed by atoms with Crippen LogP contribution in [-0.4, -0.2) is 45.2 Å². The van der Waals surface area contributed by atoms with Gasteiger partial charge in [0.2, 0.25) is 5.91 Å². The van der Waals surface area contributed by atoms with Crippen LogP contribution in [0.5, 0.6) is 0 Å². The minimum atomic E-state index is -0.895. The highest BCUT2D eigenvalue weighted by molar-refractivity contribution is 8.26. The zero-order valence-electron chi connectivity index (χ0n) is 16.7. The summed E-state index contributed by atoms with van der Waals surface area (Å²) in [5.74, 6) is -1.34. The Morgan fingerprint density at radius 2 is 1.71 bits per heavy atom. The lowest BCUT2D eigenvalue weighted by molar-refractivity contribution is -0.137. The van der Waals surface area contributed by atoms with Crippen LogP contribution in [0.4, 0.5) is 0 Å². The van der Waals surface area contributed by atoms with Crippen LogP contribution >= 0.6 is 24.0 Å². The van der Waals surface area contributed by atoms with Crippen LogP contribution in [0.25, 0.3) is 17.2 Å². The van der Waals surface area contributed by atoms with Crippen LogP contribution in [0.2, 0.25) is 0 Å². The van der Waals surface area contributed by atoms with Gasteiger partial charge in [-0.05, 0) is 29.2 Å². The molecule has 0 unspecified atom stereocenters. The van der Waals surface area contributed by atoms with Gasteiger partial charge in [-0.3, -0.25) is 19.3 Å². The van der Waals surface area contributed by atoms with Crippen molar-refractivity contribution in [3.05, 3.63) is 65.1 Å². The van der Waals surface area contributed by atoms with Crippen LogP contribution in [0, 0.1) is 0 Å². The molecule has 160 valence electrons. The smallest absolute Gasteiger partial charge is 0.303 e. The number of nitrogens with zero attached hydrogens (tertiary/aromatic N) is 1. The lowest BCUT2D eigenvalue weighted by atomic mass is 10.0. The highest BCUT2D eigenvalue weighted by atomic mass is 32.2. The SMILES string of the molecule is O=C(O)CCCNC(=O)CCN1C(=O)/C(=C/c2ccc(-c3ccccc3)cc2)SC1=S. The monoisotopic (exact) mass is 454 g/mol. The van der Waals surface area contributed by atoms with E-state index in [-0.39, 0.29) is 31.2 Å². The van der Waals surface area contributed by atoms with Crippen LogP contribution < -0.4 is 5.32 Å². The minimum Gasteiger partial charge on any atom is -0.481 e. The number of carbonyl (C=O) groups excluding carboxylic acids is 2. The van der Waals surface area contributed by atoms with Crippen molar-refractivity contribution in [1.29, 1.82) is 0 Å². The predicted octanol–water partition coefficient (Wildman–Crippen LogP) is 3.93. The summed E-state index contributed by atoms with van der Waals surface area (Å²) in [6, 6.07) is 18.0. The lowest BCUT2D eigenvalue weighted by Gasteiger charge is -2.14. The molecule has 1 aliphatic heterocycles. The number of thiocarbonyl (C=S) groups is 1. The Morgan fingerprint density at radius 1 is 1.03 bits per heavy atom. The van der Waals surface area contributed by atoms with E-state index in [0.29, 0.717) is 22.2 Å². The number of carboxylic acids is 1. The molecule has 2 N–H and O–H groups in total. The Bertz CT molecular complexity index is 1000. The van der Waals surface area contributed by atoms with Gasteiger partial charge in [-0.15, -0.1) is 0 Å². The van der Waals surface area contributed by atoms with E-state index < -0.39 is 5.97 Å². The van der Waals surface area contributed by atoms with Crippen molar-refractivity contribution in [2.24, 2.45) is 0 Å². The third kappa shape index (κ3) is 6.50. The number of hydrogen-bond acceptors (Lipinski definition) is 5. The second-order valence-corrected chi connectivity index (χ2v) is 8.59. The molecule has 0 spiro atoms. The largest absolute Gasteiger partial charge is 0.481 e. The van der Waals surface area contributed by atoms with E-state index in [4.69, 9.17) is 17.3 Å². The zero-order chi connectivity index (χ0) is 22.2. The van der Waals surface area contributed by atoms with Crippen molar-refractivity contribution in [3.8, 4) is 11.1 Å². The first-order chi connectivity index (χ1) is 14.9. The van der Waals surface area contributed by atoms with E-state index in [1.807, 2.05) is 54.6 Å². The van der Waals surface area contributed by atoms with Gasteiger partial charge >= 0.3 is 5.97 Å². The summed E-state index contributed by atoms with van der Waals surface area (Å²) in [6.07, 6.45) is 2.29. The molecule has 1 heterocycles. The predicted molar refractivity (Wildman–Crippen MR) is 126 cm³/mol. The van der Waals surface area contributed by atoms with Gasteiger partial charge in [-0.25, -0.2) is 0 Å². The maximum absolute atomic E-state index is 12.7. The normalized spacial score (nSPS) is 14.8. The number of hydrogen-bond donors (Lipinski definition) is 2. The number of aliphatic carboxylic acids is 1. The first-order valence-corrected chi connectivity index (χ1v) is 11.1. The van der Waals surface area contributed by atoms with Gasteiger partial charge < -0.3 is 10.4 Å². The summed E-state index contributed by atoms with van der Waals surface area (Å²) in [4.78, 5) is 37.1. The van der Waals surface area contributed by atoms with Gasteiger partial charge in [0.05, 0.1) is 4.91 Å². The molecule has 1 saturated heterocycles. The van der Waals surface area contributed by atoms with Gasteiger partial charge in [-0.2, -0.15) is 0 Å². The van der Waals surface area contributed by atoms with Crippen molar-refractivity contribution < 1.29 is 19.5 Å². The fourth-order valence-corrected chi connectivity index (χ4v) is 4.32. The molecule has 1 aliphatic rings. The van der Waals surface area contributed by atoms with Crippen molar-refractivity contribution in [2.45, 2.75) is 19.3 Å². The molecule has 0 radical (unpaired) electrons. The highest BCUT2D eigenvalue weighted by Crippen LogP contribution is 2.33. The average Bonchev–Trinajstić information content (AvgIpc) is 3.03. The van der Waals surface area contributed by atoms with Crippen LogP contribution in [0.3, 0.4) is 0 Å². The standard InChI is InChI=1S/C23H22N2O4S2/c26-20(24-13-4-7-21(27)28)12-14-25-22(29)19(31-23(25)30)15-16-8-10-18(11-9-16)17-5-2-1-3-6-17/h1-3,5-6,8-11,15H,4,7,12-14H2,(H,24,26)(H,27,28)/b19-15-. The summed E-state index contributed by atoms with van der Waals surface area (Å²) in [5.41, 5.74) is 3.12. The molecule has 3 rings (SSSR count). The Morgan fingerprint density at radius 3 is 2.39 bits per heavy atom. The van der Waals surface area contributed by atoms with Crippen molar-refractivity contribution in [1.82, 2.24) is 10.2 Å². The summed E-state index contributed by atoms with van der Waals surface area (Å²) < 4.78 is 0.427. The summed E-state index contributed by atoms with van der Waals surface area (Å²) in [5, 5.41) is 11.3. The van der Waals surface area contributed by atoms with E-state index in [1.165, 1.54) is 16.7 Å². The van der Waals surface area contributed by atoms with E-state index in [2.05, 4.69) is 5.32 Å². The van der Waals surface area contributed by atoms with Gasteiger partial charge in [0.25, 0.3) is 5.91 Å². The van der Waals surface area contributed by atoms with E-state index in [1.54, 1.807) is 6.08 Å². The molecule has 0 aliphatic carbocycles. The number of carbonyl (C=O) groups is 3. The minimum absolute atomic E-state index is 0.00605. The zero-order valence-corrected chi connectivity index (χ0v) is 18.4. The summed E-state index contributed by atoms with van der Waals surface area (Å²) in [6.45, 7) is 0.488. The van der Waals surface area contributed by atoms with Crippen LogP contribution in [0.1, 0.15) is 24.8 Å². The van der Waals surface area contributed by atoms with E-state index in [0.717, 1.165) is 16.7 Å². The number of benzene rings is 2. The molecule has 0 bridgehead atoms. The molecular formula is C23H22N2O4S2. The molecule has 8 heteroatoms. The van der Waals surface area contributed by atoms with Crippen LogP contribution in [-0.2, 0) is 14.4 Å². The quantitative estimate of drug-likeness (QED) is 0.339. The fourth-order valence-electron chi connectivity index (χ4n) is 3.02. The van der Waals surface area contributed by atoms with E-state index >= 15 is 0 Å². The second kappa shape index (κ2) is 10.9. The van der Waals surface area contributed by atoms with Crippen LogP contribution in [0.15, 0.2) is 59.5 Å². The van der Waals surface area contributed by atoms with Crippen molar-refractivity contribution >= 4 is 52.2 Å². The molecule has 1 fully saturated rings. The summed E-state index contributed by atoms with van der Waals surface area (Å²) in [7, 11) is 0. The number of amides is 2. The van der Waals surface area contributed by atoms with Gasteiger partial charge in [0.1, 0.15) is 4.32 Å². The number of rotatable bonds is 9. The topological polar surface area (TPSA) is 86.7 Å². The first-order valence-electron chi connectivity index (χ1n) is 9.83. The van der Waals surface area contributed by atoms with Crippen molar-refractivity contribution in [2.75, 3.05) is 13.1 Å². The molecule has 0 aromatic heterocycles. The fraction of sp³-hybridized carbons (Fsp3) is 0.217. The Hall–Kier alpha value is -2.97. The average molecular weight is 455 g/mol. The Labute approximate surface area is 190 Å². The second-order valence-electron chi connectivity index (χ2n) is 6.92. The molecule has 2 aromatic carbocycles. The maximum Gasteiger partial charge on any atom is 0.303 e.